The molecular weight excluding hydrogens is 410 g/mol. The van der Waals surface area contributed by atoms with Crippen LogP contribution in [0.25, 0.3) is 0 Å². The lowest BCUT2D eigenvalue weighted by Crippen LogP contribution is -2.44. The van der Waals surface area contributed by atoms with E-state index in [0.29, 0.717) is 6.54 Å². The Balaban J connectivity index is 1.57. The molecule has 0 saturated carbocycles. The smallest absolute Gasteiger partial charge is 0.269 e. The van der Waals surface area contributed by atoms with E-state index in [0.717, 1.165) is 61.2 Å². The molecule has 0 spiro atoms. The number of aliphatic imine (C=N–C) groups is 1. The van der Waals surface area contributed by atoms with Crippen molar-refractivity contribution in [2.45, 2.75) is 32.5 Å². The van der Waals surface area contributed by atoms with Crippen molar-refractivity contribution in [1.29, 1.82) is 0 Å². The molecule has 1 unspecified atom stereocenters. The van der Waals surface area contributed by atoms with Gasteiger partial charge in [-0.15, -0.1) is 0 Å². The van der Waals surface area contributed by atoms with Crippen LogP contribution < -0.4 is 20.1 Å². The Morgan fingerprint density at radius 1 is 1.16 bits per heavy atom. The van der Waals surface area contributed by atoms with E-state index >= 15 is 0 Å². The van der Waals surface area contributed by atoms with Crippen molar-refractivity contribution in [2.24, 2.45) is 4.99 Å². The van der Waals surface area contributed by atoms with E-state index in [4.69, 9.17) is 9.47 Å². The molecule has 2 N–H and O–H groups in total. The lowest BCUT2D eigenvalue weighted by atomic mass is 10.2. The quantitative estimate of drug-likeness (QED) is 0.267. The Labute approximate surface area is 188 Å². The molecule has 0 aromatic heterocycles. The molecule has 0 aliphatic carbocycles. The minimum absolute atomic E-state index is 0.0856. The van der Waals surface area contributed by atoms with Gasteiger partial charge < -0.3 is 20.1 Å². The molecule has 0 bridgehead atoms. The van der Waals surface area contributed by atoms with Crippen molar-refractivity contribution in [3.8, 4) is 11.5 Å². The van der Waals surface area contributed by atoms with Crippen LogP contribution in [0.3, 0.4) is 0 Å². The number of benzene rings is 2. The number of guanidine groups is 1. The van der Waals surface area contributed by atoms with Crippen LogP contribution in [-0.4, -0.2) is 55.7 Å². The first kappa shape index (κ1) is 23.3. The fourth-order valence-corrected chi connectivity index (χ4v) is 3.72. The predicted molar refractivity (Wildman–Crippen MR) is 124 cm³/mol. The largest absolute Gasteiger partial charge is 0.497 e. The number of nitrogens with one attached hydrogen (secondary N) is 2. The van der Waals surface area contributed by atoms with Crippen molar-refractivity contribution in [3.63, 3.8) is 0 Å². The molecule has 1 heterocycles. The minimum Gasteiger partial charge on any atom is -0.497 e. The van der Waals surface area contributed by atoms with Gasteiger partial charge in [0, 0.05) is 50.4 Å². The van der Waals surface area contributed by atoms with Crippen LogP contribution in [0.4, 0.5) is 5.69 Å². The zero-order chi connectivity index (χ0) is 22.9. The van der Waals surface area contributed by atoms with E-state index in [9.17, 15) is 10.1 Å². The summed E-state index contributed by atoms with van der Waals surface area (Å²) >= 11 is 0. The molecular formula is C23H31N5O4. The molecule has 9 heteroatoms. The maximum Gasteiger partial charge on any atom is 0.269 e. The standard InChI is InChI=1S/C23H31N5O4/c1-4-24-23(25-14-17-5-7-20(8-6-17)28(29)30)26-19-9-10-27(16-19)15-18-11-21(31-2)13-22(12-18)32-3/h5-8,11-13,19H,4,9-10,14-16H2,1-3H3,(H2,24,25,26). The van der Waals surface area contributed by atoms with E-state index in [-0.39, 0.29) is 11.7 Å². The highest BCUT2D eigenvalue weighted by atomic mass is 16.6. The summed E-state index contributed by atoms with van der Waals surface area (Å²) < 4.78 is 10.8. The van der Waals surface area contributed by atoms with Crippen molar-refractivity contribution in [2.75, 3.05) is 33.9 Å². The van der Waals surface area contributed by atoms with Gasteiger partial charge in [0.25, 0.3) is 5.69 Å². The predicted octanol–water partition coefficient (Wildman–Crippen LogP) is 2.94. The number of hydrogen-bond acceptors (Lipinski definition) is 6. The van der Waals surface area contributed by atoms with Gasteiger partial charge in [0.05, 0.1) is 25.7 Å². The number of nitro benzene ring substituents is 1. The molecule has 9 nitrogen and oxygen atoms in total. The van der Waals surface area contributed by atoms with Crippen molar-refractivity contribution >= 4 is 11.6 Å². The summed E-state index contributed by atoms with van der Waals surface area (Å²) in [4.78, 5) is 17.5. The van der Waals surface area contributed by atoms with Crippen molar-refractivity contribution < 1.29 is 14.4 Å². The average Bonchev–Trinajstić information content (AvgIpc) is 3.24. The number of likely N-dealkylation sites (tertiary alicyclic amines) is 1. The molecule has 2 aromatic carbocycles. The lowest BCUT2D eigenvalue weighted by molar-refractivity contribution is -0.384. The summed E-state index contributed by atoms with van der Waals surface area (Å²) in [6.45, 7) is 5.95. The van der Waals surface area contributed by atoms with E-state index in [1.54, 1.807) is 26.4 Å². The summed E-state index contributed by atoms with van der Waals surface area (Å²) in [7, 11) is 3.32. The second-order valence-corrected chi connectivity index (χ2v) is 7.70. The van der Waals surface area contributed by atoms with E-state index in [1.807, 2.05) is 25.1 Å². The van der Waals surface area contributed by atoms with Gasteiger partial charge in [-0.25, -0.2) is 4.99 Å². The van der Waals surface area contributed by atoms with Crippen LogP contribution in [0.2, 0.25) is 0 Å². The molecule has 1 aliphatic heterocycles. The van der Waals surface area contributed by atoms with Crippen molar-refractivity contribution in [3.05, 3.63) is 63.7 Å². The third kappa shape index (κ3) is 6.58. The number of nitro groups is 1. The monoisotopic (exact) mass is 441 g/mol. The number of ether oxygens (including phenoxy) is 2. The highest BCUT2D eigenvalue weighted by Gasteiger charge is 2.23. The molecule has 3 rings (SSSR count). The van der Waals surface area contributed by atoms with Gasteiger partial charge >= 0.3 is 0 Å². The van der Waals surface area contributed by atoms with Crippen LogP contribution in [-0.2, 0) is 13.1 Å². The first-order valence-electron chi connectivity index (χ1n) is 10.7. The van der Waals surface area contributed by atoms with Crippen LogP contribution >= 0.6 is 0 Å². The highest BCUT2D eigenvalue weighted by molar-refractivity contribution is 5.80. The molecule has 0 radical (unpaired) electrons. The third-order valence-corrected chi connectivity index (χ3v) is 5.34. The Bertz CT molecular complexity index is 910. The van der Waals surface area contributed by atoms with E-state index in [2.05, 4.69) is 20.5 Å². The molecule has 2 aromatic rings. The fourth-order valence-electron chi connectivity index (χ4n) is 3.72. The molecule has 32 heavy (non-hydrogen) atoms. The summed E-state index contributed by atoms with van der Waals surface area (Å²) in [6.07, 6.45) is 1.02. The Morgan fingerprint density at radius 3 is 2.44 bits per heavy atom. The zero-order valence-corrected chi connectivity index (χ0v) is 18.8. The molecule has 1 aliphatic rings. The van der Waals surface area contributed by atoms with Gasteiger partial charge in [-0.3, -0.25) is 15.0 Å². The van der Waals surface area contributed by atoms with Gasteiger partial charge in [0.15, 0.2) is 5.96 Å². The second kappa shape index (κ2) is 11.3. The van der Waals surface area contributed by atoms with Gasteiger partial charge in [-0.05, 0) is 36.6 Å². The maximum atomic E-state index is 10.8. The Hall–Kier alpha value is -3.33. The first-order valence-corrected chi connectivity index (χ1v) is 10.7. The number of hydrogen-bond donors (Lipinski definition) is 2. The van der Waals surface area contributed by atoms with Gasteiger partial charge in [0.1, 0.15) is 11.5 Å². The number of methoxy groups -OCH3 is 2. The summed E-state index contributed by atoms with van der Waals surface area (Å²) in [5, 5.41) is 17.6. The normalized spacial score (nSPS) is 16.6. The zero-order valence-electron chi connectivity index (χ0n) is 18.8. The summed E-state index contributed by atoms with van der Waals surface area (Å²) in [6, 6.07) is 12.7. The van der Waals surface area contributed by atoms with Crippen LogP contribution in [0.5, 0.6) is 11.5 Å². The first-order chi connectivity index (χ1) is 15.5. The second-order valence-electron chi connectivity index (χ2n) is 7.70. The fraction of sp³-hybridized carbons (Fsp3) is 0.435. The summed E-state index contributed by atoms with van der Waals surface area (Å²) in [5.41, 5.74) is 2.16. The third-order valence-electron chi connectivity index (χ3n) is 5.34. The van der Waals surface area contributed by atoms with Gasteiger partial charge in [-0.2, -0.15) is 0 Å². The molecule has 172 valence electrons. The topological polar surface area (TPSA) is 101 Å². The number of rotatable bonds is 9. The molecule has 1 atom stereocenters. The molecule has 1 saturated heterocycles. The highest BCUT2D eigenvalue weighted by Crippen LogP contribution is 2.24. The molecule has 0 amide bonds. The van der Waals surface area contributed by atoms with Crippen molar-refractivity contribution in [1.82, 2.24) is 15.5 Å². The van der Waals surface area contributed by atoms with E-state index in [1.165, 1.54) is 12.1 Å². The van der Waals surface area contributed by atoms with Crippen LogP contribution in [0.15, 0.2) is 47.5 Å². The SMILES string of the molecule is CCNC(=NCc1ccc([N+](=O)[O-])cc1)NC1CCN(Cc2cc(OC)cc(OC)c2)C1. The van der Waals surface area contributed by atoms with Gasteiger partial charge in [-0.1, -0.05) is 12.1 Å². The average molecular weight is 442 g/mol. The summed E-state index contributed by atoms with van der Waals surface area (Å²) in [5.74, 6) is 2.34. The maximum absolute atomic E-state index is 10.8. The van der Waals surface area contributed by atoms with E-state index < -0.39 is 4.92 Å². The lowest BCUT2D eigenvalue weighted by Gasteiger charge is -2.19. The Kier molecular flexibility index (Phi) is 8.27. The number of nitrogens with zero attached hydrogens (tertiary/aromatic N) is 3. The Morgan fingerprint density at radius 2 is 1.84 bits per heavy atom. The van der Waals surface area contributed by atoms with Crippen LogP contribution in [0, 0.1) is 10.1 Å². The minimum atomic E-state index is -0.397. The van der Waals surface area contributed by atoms with Gasteiger partial charge in [0.2, 0.25) is 0 Å². The molecule has 1 fully saturated rings. The number of non-ortho nitro benzene ring substituents is 1. The van der Waals surface area contributed by atoms with Crippen LogP contribution in [0.1, 0.15) is 24.5 Å².